The average molecular weight is 339 g/mol. The standard InChI is InChI=1S/C17H17N5OS/c1-3-24-15-10-13(7-8-18-15)17(23)20-14-6-4-5-12(9-14)16-19-11(2)21-22-16/h4-10H,3H2,1-2H3,(H,20,23)(H,19,21,22). The number of anilines is 1. The van der Waals surface area contributed by atoms with Gasteiger partial charge in [-0.15, -0.1) is 11.8 Å². The van der Waals surface area contributed by atoms with Gasteiger partial charge in [-0.3, -0.25) is 9.89 Å². The van der Waals surface area contributed by atoms with Gasteiger partial charge in [-0.1, -0.05) is 19.1 Å². The van der Waals surface area contributed by atoms with E-state index < -0.39 is 0 Å². The van der Waals surface area contributed by atoms with Crippen molar-refractivity contribution in [2.45, 2.75) is 18.9 Å². The summed E-state index contributed by atoms with van der Waals surface area (Å²) in [5.74, 6) is 2.10. The Labute approximate surface area is 144 Å². The highest BCUT2D eigenvalue weighted by Gasteiger charge is 2.09. The molecule has 0 saturated carbocycles. The van der Waals surface area contributed by atoms with Gasteiger partial charge in [-0.05, 0) is 36.9 Å². The fourth-order valence-corrected chi connectivity index (χ4v) is 2.83. The summed E-state index contributed by atoms with van der Waals surface area (Å²) >= 11 is 1.60. The lowest BCUT2D eigenvalue weighted by Gasteiger charge is -2.07. The van der Waals surface area contributed by atoms with Crippen LogP contribution in [0.1, 0.15) is 23.1 Å². The van der Waals surface area contributed by atoms with E-state index in [1.807, 2.05) is 31.2 Å². The maximum absolute atomic E-state index is 12.4. The number of pyridine rings is 1. The van der Waals surface area contributed by atoms with E-state index >= 15 is 0 Å². The molecule has 0 aliphatic rings. The molecule has 0 spiro atoms. The van der Waals surface area contributed by atoms with Gasteiger partial charge in [0.05, 0.1) is 5.03 Å². The lowest BCUT2D eigenvalue weighted by Crippen LogP contribution is -2.12. The molecule has 0 unspecified atom stereocenters. The fraction of sp³-hybridized carbons (Fsp3) is 0.176. The molecule has 1 amide bonds. The first-order chi connectivity index (χ1) is 11.7. The van der Waals surface area contributed by atoms with Gasteiger partial charge in [0, 0.05) is 23.0 Å². The van der Waals surface area contributed by atoms with Gasteiger partial charge in [0.15, 0.2) is 5.82 Å². The maximum Gasteiger partial charge on any atom is 0.255 e. The van der Waals surface area contributed by atoms with Crippen LogP contribution in [0.25, 0.3) is 11.4 Å². The van der Waals surface area contributed by atoms with E-state index in [0.29, 0.717) is 17.1 Å². The zero-order valence-electron chi connectivity index (χ0n) is 13.4. The summed E-state index contributed by atoms with van der Waals surface area (Å²) in [6.07, 6.45) is 1.65. The highest BCUT2D eigenvalue weighted by molar-refractivity contribution is 7.99. The van der Waals surface area contributed by atoms with Crippen LogP contribution in [0.15, 0.2) is 47.6 Å². The fourth-order valence-electron chi connectivity index (χ4n) is 2.19. The van der Waals surface area contributed by atoms with Crippen LogP contribution in [-0.2, 0) is 0 Å². The quantitative estimate of drug-likeness (QED) is 0.695. The molecule has 3 rings (SSSR count). The molecular formula is C17H17N5OS. The minimum absolute atomic E-state index is 0.168. The monoisotopic (exact) mass is 339 g/mol. The SMILES string of the molecule is CCSc1cc(C(=O)Nc2cccc(-c3n[nH]c(C)n3)c2)ccn1. The number of hydrogen-bond donors (Lipinski definition) is 2. The number of nitrogens with zero attached hydrogens (tertiary/aromatic N) is 3. The number of nitrogens with one attached hydrogen (secondary N) is 2. The van der Waals surface area contributed by atoms with Crippen LogP contribution < -0.4 is 5.32 Å². The smallest absolute Gasteiger partial charge is 0.255 e. The predicted octanol–water partition coefficient (Wildman–Crippen LogP) is 3.54. The Morgan fingerprint density at radius 1 is 1.29 bits per heavy atom. The van der Waals surface area contributed by atoms with Crippen molar-refractivity contribution in [3.63, 3.8) is 0 Å². The number of amides is 1. The first-order valence-corrected chi connectivity index (χ1v) is 8.54. The second-order valence-corrected chi connectivity index (χ2v) is 6.38. The summed E-state index contributed by atoms with van der Waals surface area (Å²) in [7, 11) is 0. The van der Waals surface area contributed by atoms with E-state index in [1.54, 1.807) is 30.1 Å². The van der Waals surface area contributed by atoms with Crippen molar-refractivity contribution in [1.82, 2.24) is 20.2 Å². The predicted molar refractivity (Wildman–Crippen MR) is 95.1 cm³/mol. The number of benzene rings is 1. The highest BCUT2D eigenvalue weighted by atomic mass is 32.2. The third-order valence-electron chi connectivity index (χ3n) is 3.27. The number of carbonyl (C=O) groups excluding carboxylic acids is 1. The van der Waals surface area contributed by atoms with Gasteiger partial charge < -0.3 is 5.32 Å². The molecule has 0 aliphatic carbocycles. The molecule has 0 bridgehead atoms. The molecule has 0 fully saturated rings. The summed E-state index contributed by atoms with van der Waals surface area (Å²) in [5.41, 5.74) is 2.12. The number of rotatable bonds is 5. The molecule has 2 aromatic heterocycles. The van der Waals surface area contributed by atoms with Crippen molar-refractivity contribution in [3.8, 4) is 11.4 Å². The van der Waals surface area contributed by atoms with Crippen LogP contribution in [0.2, 0.25) is 0 Å². The highest BCUT2D eigenvalue weighted by Crippen LogP contribution is 2.21. The Morgan fingerprint density at radius 2 is 2.17 bits per heavy atom. The molecule has 7 heteroatoms. The van der Waals surface area contributed by atoms with E-state index in [4.69, 9.17) is 0 Å². The number of hydrogen-bond acceptors (Lipinski definition) is 5. The van der Waals surface area contributed by atoms with E-state index in [9.17, 15) is 4.79 Å². The van der Waals surface area contributed by atoms with Crippen molar-refractivity contribution in [1.29, 1.82) is 0 Å². The molecule has 0 saturated heterocycles. The average Bonchev–Trinajstić information content (AvgIpc) is 3.02. The normalized spacial score (nSPS) is 10.6. The van der Waals surface area contributed by atoms with E-state index in [2.05, 4.69) is 32.4 Å². The molecule has 6 nitrogen and oxygen atoms in total. The van der Waals surface area contributed by atoms with Gasteiger partial charge >= 0.3 is 0 Å². The zero-order valence-corrected chi connectivity index (χ0v) is 14.2. The molecule has 2 N–H and O–H groups in total. The largest absolute Gasteiger partial charge is 0.322 e. The second kappa shape index (κ2) is 7.27. The topological polar surface area (TPSA) is 83.6 Å². The van der Waals surface area contributed by atoms with E-state index in [0.717, 1.165) is 22.2 Å². The molecule has 1 aromatic carbocycles. The van der Waals surface area contributed by atoms with Gasteiger partial charge in [0.2, 0.25) is 0 Å². The molecule has 0 aliphatic heterocycles. The van der Waals surface area contributed by atoms with Crippen molar-refractivity contribution in [2.75, 3.05) is 11.1 Å². The van der Waals surface area contributed by atoms with Crippen LogP contribution in [0, 0.1) is 6.92 Å². The number of H-pyrrole nitrogens is 1. The lowest BCUT2D eigenvalue weighted by atomic mass is 10.2. The molecule has 2 heterocycles. The van der Waals surface area contributed by atoms with Crippen LogP contribution in [0.4, 0.5) is 5.69 Å². The third kappa shape index (κ3) is 3.80. The van der Waals surface area contributed by atoms with Crippen molar-refractivity contribution in [3.05, 3.63) is 54.0 Å². The summed E-state index contributed by atoms with van der Waals surface area (Å²) < 4.78 is 0. The number of aryl methyl sites for hydroxylation is 1. The van der Waals surface area contributed by atoms with E-state index in [1.165, 1.54) is 0 Å². The Bertz CT molecular complexity index is 861. The van der Waals surface area contributed by atoms with Crippen LogP contribution in [-0.4, -0.2) is 31.8 Å². The van der Waals surface area contributed by atoms with Gasteiger partial charge in [0.1, 0.15) is 5.82 Å². The van der Waals surface area contributed by atoms with Crippen LogP contribution in [0.5, 0.6) is 0 Å². The molecule has 122 valence electrons. The van der Waals surface area contributed by atoms with Crippen molar-refractivity contribution in [2.24, 2.45) is 0 Å². The maximum atomic E-state index is 12.4. The second-order valence-electron chi connectivity index (χ2n) is 5.10. The van der Waals surface area contributed by atoms with E-state index in [-0.39, 0.29) is 5.91 Å². The molecule has 0 radical (unpaired) electrons. The first-order valence-electron chi connectivity index (χ1n) is 7.55. The van der Waals surface area contributed by atoms with Gasteiger partial charge in [0.25, 0.3) is 5.91 Å². The Kier molecular flexibility index (Phi) is 4.90. The Morgan fingerprint density at radius 3 is 2.92 bits per heavy atom. The number of carbonyl (C=O) groups is 1. The molecule has 0 atom stereocenters. The number of aromatic nitrogens is 4. The van der Waals surface area contributed by atoms with Crippen LogP contribution in [0.3, 0.4) is 0 Å². The molecular weight excluding hydrogens is 322 g/mol. The van der Waals surface area contributed by atoms with Crippen molar-refractivity contribution < 1.29 is 4.79 Å². The minimum Gasteiger partial charge on any atom is -0.322 e. The summed E-state index contributed by atoms with van der Waals surface area (Å²) in [6.45, 7) is 3.90. The number of thioether (sulfide) groups is 1. The summed E-state index contributed by atoms with van der Waals surface area (Å²) in [4.78, 5) is 21.0. The zero-order chi connectivity index (χ0) is 16.9. The molecule has 3 aromatic rings. The summed E-state index contributed by atoms with van der Waals surface area (Å²) in [6, 6.07) is 11.0. The lowest BCUT2D eigenvalue weighted by molar-refractivity contribution is 0.102. The minimum atomic E-state index is -0.168. The van der Waals surface area contributed by atoms with Gasteiger partial charge in [-0.25, -0.2) is 9.97 Å². The molecule has 24 heavy (non-hydrogen) atoms. The van der Waals surface area contributed by atoms with Crippen molar-refractivity contribution >= 4 is 23.4 Å². The first kappa shape index (κ1) is 16.2. The van der Waals surface area contributed by atoms with Crippen LogP contribution >= 0.6 is 11.8 Å². The Balaban J connectivity index is 1.78. The third-order valence-corrected chi connectivity index (χ3v) is 4.07. The Hall–Kier alpha value is -2.67. The van der Waals surface area contributed by atoms with Gasteiger partial charge in [-0.2, -0.15) is 5.10 Å². The number of aromatic amines is 1. The summed E-state index contributed by atoms with van der Waals surface area (Å²) in [5, 5.41) is 10.7.